The van der Waals surface area contributed by atoms with E-state index >= 15 is 0 Å². The minimum atomic E-state index is -0.376. The van der Waals surface area contributed by atoms with Crippen molar-refractivity contribution >= 4 is 28.3 Å². The van der Waals surface area contributed by atoms with Crippen LogP contribution in [0.2, 0.25) is 0 Å². The molecule has 1 saturated carbocycles. The molecule has 1 fully saturated rings. The Balaban J connectivity index is 1.75. The van der Waals surface area contributed by atoms with Crippen molar-refractivity contribution in [2.75, 3.05) is 25.0 Å². The van der Waals surface area contributed by atoms with Gasteiger partial charge in [-0.15, -0.1) is 0 Å². The highest BCUT2D eigenvalue weighted by molar-refractivity contribution is 6.05. The van der Waals surface area contributed by atoms with Crippen LogP contribution < -0.4 is 10.2 Å². The Morgan fingerprint density at radius 1 is 1.15 bits per heavy atom. The van der Waals surface area contributed by atoms with Crippen LogP contribution in [-0.2, 0) is 9.59 Å². The molecule has 3 rings (SSSR count). The maximum Gasteiger partial charge on any atom is 0.244 e. The summed E-state index contributed by atoms with van der Waals surface area (Å²) >= 11 is 0. The summed E-state index contributed by atoms with van der Waals surface area (Å²) in [6.45, 7) is 4.66. The second-order valence-corrected chi connectivity index (χ2v) is 7.01. The van der Waals surface area contributed by atoms with Gasteiger partial charge in [-0.25, -0.2) is 0 Å². The first-order valence-electron chi connectivity index (χ1n) is 9.30. The maximum atomic E-state index is 13.1. The number of hydrogen-bond acceptors (Lipinski definition) is 3. The summed E-state index contributed by atoms with van der Waals surface area (Å²) in [6.07, 6.45) is 2.13. The van der Waals surface area contributed by atoms with E-state index < -0.39 is 0 Å². The molecule has 0 unspecified atom stereocenters. The molecule has 1 aliphatic carbocycles. The van der Waals surface area contributed by atoms with E-state index in [4.69, 9.17) is 0 Å². The van der Waals surface area contributed by atoms with Crippen molar-refractivity contribution in [2.45, 2.75) is 38.8 Å². The van der Waals surface area contributed by atoms with Gasteiger partial charge in [-0.05, 0) is 45.2 Å². The predicted octanol–water partition coefficient (Wildman–Crippen LogP) is 2.79. The summed E-state index contributed by atoms with van der Waals surface area (Å²) in [5.41, 5.74) is 0.915. The van der Waals surface area contributed by atoms with Gasteiger partial charge in [0.1, 0.15) is 0 Å². The van der Waals surface area contributed by atoms with Crippen LogP contribution in [-0.4, -0.2) is 48.9 Å². The molecule has 0 saturated heterocycles. The third-order valence-corrected chi connectivity index (χ3v) is 4.99. The highest BCUT2D eigenvalue weighted by atomic mass is 16.2. The lowest BCUT2D eigenvalue weighted by Crippen LogP contribution is -2.49. The highest BCUT2D eigenvalue weighted by Crippen LogP contribution is 2.27. The van der Waals surface area contributed by atoms with Crippen LogP contribution in [0.15, 0.2) is 42.5 Å². The van der Waals surface area contributed by atoms with Crippen molar-refractivity contribution in [2.24, 2.45) is 0 Å². The molecule has 1 N–H and O–H groups in total. The first-order valence-corrected chi connectivity index (χ1v) is 9.30. The van der Waals surface area contributed by atoms with Crippen LogP contribution in [0.25, 0.3) is 10.8 Å². The zero-order valence-electron chi connectivity index (χ0n) is 15.7. The van der Waals surface area contributed by atoms with Gasteiger partial charge >= 0.3 is 0 Å². The average molecular weight is 353 g/mol. The van der Waals surface area contributed by atoms with E-state index in [9.17, 15) is 9.59 Å². The molecule has 1 atom stereocenters. The van der Waals surface area contributed by atoms with Crippen LogP contribution in [0.1, 0.15) is 26.7 Å². The molecule has 5 heteroatoms. The first kappa shape index (κ1) is 18.4. The summed E-state index contributed by atoms with van der Waals surface area (Å²) in [5.74, 6) is -0.00608. The number of likely N-dealkylation sites (N-methyl/N-ethyl adjacent to an activating group) is 2. The second-order valence-electron chi connectivity index (χ2n) is 7.01. The molecule has 0 radical (unpaired) electrons. The van der Waals surface area contributed by atoms with Crippen molar-refractivity contribution in [3.05, 3.63) is 42.5 Å². The van der Waals surface area contributed by atoms with Crippen LogP contribution in [0.5, 0.6) is 0 Å². The lowest BCUT2D eigenvalue weighted by atomic mass is 10.1. The number of hydrogen-bond donors (Lipinski definition) is 1. The van der Waals surface area contributed by atoms with Crippen LogP contribution in [0.4, 0.5) is 5.69 Å². The third kappa shape index (κ3) is 4.05. The smallest absolute Gasteiger partial charge is 0.244 e. The number of carbonyl (C=O) groups is 2. The van der Waals surface area contributed by atoms with Gasteiger partial charge in [-0.3, -0.25) is 14.5 Å². The fraction of sp³-hybridized carbons (Fsp3) is 0.429. The van der Waals surface area contributed by atoms with Crippen LogP contribution in [0.3, 0.4) is 0 Å². The lowest BCUT2D eigenvalue weighted by Gasteiger charge is -2.30. The van der Waals surface area contributed by atoms with E-state index in [0.717, 1.165) is 29.3 Å². The molecule has 0 bridgehead atoms. The minimum absolute atomic E-state index is 0.00516. The van der Waals surface area contributed by atoms with Crippen molar-refractivity contribution in [1.29, 1.82) is 0 Å². The standard InChI is InChI=1S/C21H27N3O2/c1-4-24(19-11-7-9-16-8-5-6-10-18(16)19)21(26)15(2)23(3)14-20(25)22-17-12-13-17/h5-11,15,17H,4,12-14H2,1-3H3,(H,22,25)/t15-/m0/s1. The van der Waals surface area contributed by atoms with Gasteiger partial charge in [0.05, 0.1) is 18.3 Å². The Morgan fingerprint density at radius 3 is 2.54 bits per heavy atom. The molecule has 2 aromatic carbocycles. The van der Waals surface area contributed by atoms with Crippen molar-refractivity contribution in [3.8, 4) is 0 Å². The molecule has 138 valence electrons. The van der Waals surface area contributed by atoms with E-state index in [1.165, 1.54) is 0 Å². The zero-order valence-corrected chi connectivity index (χ0v) is 15.7. The minimum Gasteiger partial charge on any atom is -0.352 e. The number of amides is 2. The fourth-order valence-corrected chi connectivity index (χ4v) is 3.17. The predicted molar refractivity (Wildman–Crippen MR) is 105 cm³/mol. The van der Waals surface area contributed by atoms with Crippen molar-refractivity contribution in [1.82, 2.24) is 10.2 Å². The van der Waals surface area contributed by atoms with E-state index in [1.54, 1.807) is 0 Å². The molecule has 2 amide bonds. The van der Waals surface area contributed by atoms with Crippen LogP contribution in [0, 0.1) is 0 Å². The molecule has 0 aliphatic heterocycles. The average Bonchev–Trinajstić information content (AvgIpc) is 3.45. The zero-order chi connectivity index (χ0) is 18.7. The van der Waals surface area contributed by atoms with Gasteiger partial charge in [-0.2, -0.15) is 0 Å². The second kappa shape index (κ2) is 7.87. The summed E-state index contributed by atoms with van der Waals surface area (Å²) in [7, 11) is 1.83. The third-order valence-electron chi connectivity index (χ3n) is 4.99. The number of nitrogens with one attached hydrogen (secondary N) is 1. The molecule has 0 spiro atoms. The molecule has 1 aliphatic rings. The SMILES string of the molecule is CCN(C(=O)[C@H](C)N(C)CC(=O)NC1CC1)c1cccc2ccccc12. The summed E-state index contributed by atoms with van der Waals surface area (Å²) in [5, 5.41) is 5.15. The summed E-state index contributed by atoms with van der Waals surface area (Å²) in [4.78, 5) is 28.8. The Bertz CT molecular complexity index is 795. The van der Waals surface area contributed by atoms with Crippen molar-refractivity contribution in [3.63, 3.8) is 0 Å². The number of carbonyl (C=O) groups excluding carboxylic acids is 2. The quantitative estimate of drug-likeness (QED) is 0.833. The van der Waals surface area contributed by atoms with Gasteiger partial charge in [-0.1, -0.05) is 36.4 Å². The molecule has 0 heterocycles. The Hall–Kier alpha value is -2.40. The van der Waals surface area contributed by atoms with Gasteiger partial charge in [0.15, 0.2) is 0 Å². The number of fused-ring (bicyclic) bond motifs is 1. The maximum absolute atomic E-state index is 13.1. The Morgan fingerprint density at radius 2 is 1.85 bits per heavy atom. The van der Waals surface area contributed by atoms with E-state index in [-0.39, 0.29) is 24.4 Å². The number of rotatable bonds is 7. The van der Waals surface area contributed by atoms with Crippen LogP contribution >= 0.6 is 0 Å². The molecular formula is C21H27N3O2. The molecule has 2 aromatic rings. The normalized spacial score (nSPS) is 15.1. The number of nitrogens with zero attached hydrogens (tertiary/aromatic N) is 2. The summed E-state index contributed by atoms with van der Waals surface area (Å²) in [6, 6.07) is 14.0. The molecular weight excluding hydrogens is 326 g/mol. The topological polar surface area (TPSA) is 52.7 Å². The summed E-state index contributed by atoms with van der Waals surface area (Å²) < 4.78 is 0. The Kier molecular flexibility index (Phi) is 5.57. The molecule has 0 aromatic heterocycles. The highest BCUT2D eigenvalue weighted by Gasteiger charge is 2.28. The Labute approximate surface area is 155 Å². The van der Waals surface area contributed by atoms with Gasteiger partial charge in [0.2, 0.25) is 11.8 Å². The lowest BCUT2D eigenvalue weighted by molar-refractivity contribution is -0.126. The monoisotopic (exact) mass is 353 g/mol. The molecule has 5 nitrogen and oxygen atoms in total. The fourth-order valence-electron chi connectivity index (χ4n) is 3.17. The van der Waals surface area contributed by atoms with E-state index in [0.29, 0.717) is 12.6 Å². The first-order chi connectivity index (χ1) is 12.5. The van der Waals surface area contributed by atoms with Gasteiger partial charge in [0, 0.05) is 18.0 Å². The number of anilines is 1. The van der Waals surface area contributed by atoms with Gasteiger partial charge in [0.25, 0.3) is 0 Å². The largest absolute Gasteiger partial charge is 0.352 e. The van der Waals surface area contributed by atoms with E-state index in [2.05, 4.69) is 17.4 Å². The molecule has 26 heavy (non-hydrogen) atoms. The number of benzene rings is 2. The van der Waals surface area contributed by atoms with Gasteiger partial charge < -0.3 is 10.2 Å². The van der Waals surface area contributed by atoms with E-state index in [1.807, 2.05) is 61.0 Å². The van der Waals surface area contributed by atoms with Crippen molar-refractivity contribution < 1.29 is 9.59 Å².